The molecule has 0 saturated carbocycles. The molecule has 55 heavy (non-hydrogen) atoms. The third kappa shape index (κ3) is 12.3. The number of H-pyrrole nitrogens is 1. The maximum absolute atomic E-state index is 14.5. The summed E-state index contributed by atoms with van der Waals surface area (Å²) in [5.41, 5.74) is -0.106. The van der Waals surface area contributed by atoms with Gasteiger partial charge in [-0.15, -0.1) is 0 Å². The average Bonchev–Trinajstić information content (AvgIpc) is 3.53. The first-order valence-electron chi connectivity index (χ1n) is 19.6. The van der Waals surface area contributed by atoms with Crippen LogP contribution in [-0.2, 0) is 39.8 Å². The van der Waals surface area contributed by atoms with Crippen LogP contribution in [0.1, 0.15) is 76.3 Å². The number of nitrogens with zero attached hydrogens (tertiary/aromatic N) is 1. The van der Waals surface area contributed by atoms with Crippen molar-refractivity contribution in [3.63, 3.8) is 0 Å². The van der Waals surface area contributed by atoms with Crippen molar-refractivity contribution in [2.24, 2.45) is 11.8 Å². The van der Waals surface area contributed by atoms with Gasteiger partial charge in [0.15, 0.2) is 0 Å². The quantitative estimate of drug-likeness (QED) is 0.0839. The minimum atomic E-state index is -4.55. The maximum atomic E-state index is 14.5. The molecule has 13 heteroatoms. The van der Waals surface area contributed by atoms with Crippen LogP contribution in [0.15, 0.2) is 54.7 Å². The monoisotopic (exact) mass is 772 g/mol. The molecular formula is C42H60F4N6O3. The number of aromatic amines is 1. The number of aromatic nitrogens is 1. The number of hydrogen-bond acceptors (Lipinski definition) is 6. The van der Waals surface area contributed by atoms with E-state index in [9.17, 15) is 27.2 Å². The zero-order valence-corrected chi connectivity index (χ0v) is 33.1. The van der Waals surface area contributed by atoms with E-state index in [1.807, 2.05) is 0 Å². The lowest BCUT2D eigenvalue weighted by Crippen LogP contribution is -2.63. The lowest BCUT2D eigenvalue weighted by atomic mass is 9.78. The molecule has 0 spiro atoms. The molecule has 1 saturated heterocycles. The van der Waals surface area contributed by atoms with Gasteiger partial charge in [0, 0.05) is 62.0 Å². The molecule has 5 rings (SSSR count). The third-order valence-corrected chi connectivity index (χ3v) is 10.8. The van der Waals surface area contributed by atoms with Gasteiger partial charge in [-0.3, -0.25) is 14.5 Å². The molecule has 2 amide bonds. The van der Waals surface area contributed by atoms with Crippen molar-refractivity contribution in [3.8, 4) is 0 Å². The molecule has 2 aliphatic rings. The molecule has 3 aromatic rings. The molecule has 0 radical (unpaired) electrons. The highest BCUT2D eigenvalue weighted by molar-refractivity contribution is 5.92. The van der Waals surface area contributed by atoms with Gasteiger partial charge < -0.3 is 31.0 Å². The van der Waals surface area contributed by atoms with Gasteiger partial charge in [-0.25, -0.2) is 4.39 Å². The van der Waals surface area contributed by atoms with Crippen LogP contribution >= 0.6 is 0 Å². The number of para-hydroxylation sites is 1. The zero-order valence-electron chi connectivity index (χ0n) is 33.1. The number of halogens is 4. The summed E-state index contributed by atoms with van der Waals surface area (Å²) in [5, 5.41) is 13.2. The first-order valence-corrected chi connectivity index (χ1v) is 19.6. The summed E-state index contributed by atoms with van der Waals surface area (Å²) >= 11 is 0. The van der Waals surface area contributed by atoms with Crippen molar-refractivity contribution in [1.82, 2.24) is 31.2 Å². The molecule has 2 aromatic carbocycles. The molecule has 5 N–H and O–H groups in total. The standard InChI is InChI=1S/C37H48F4N6O3.C5H12/c1-4-24(2)32(23-42-14-15-47-16-18-50-19-17-47)45-35(49)36(46-25(3)22-43-33(48)20-26-8-5-6-11-30(26)38)13-12-31-28(21-36)27-9-7-10-29(34(27)44-31)37(39,40)41;1-4-5(2)3/h5-11,24,32,42,44,46H,3-4,12-23H2,1-2H3,(H,43,48)(H,45,49);5H,4H2,1-3H3/t24?,32-,36-;/m1./s1. The van der Waals surface area contributed by atoms with Gasteiger partial charge in [0.2, 0.25) is 11.8 Å². The lowest BCUT2D eigenvalue weighted by Gasteiger charge is -2.40. The van der Waals surface area contributed by atoms with Gasteiger partial charge in [-0.1, -0.05) is 84.4 Å². The van der Waals surface area contributed by atoms with E-state index in [4.69, 9.17) is 4.74 Å². The second kappa shape index (κ2) is 20.3. The van der Waals surface area contributed by atoms with Crippen LogP contribution < -0.4 is 21.3 Å². The number of morpholine rings is 1. The molecule has 304 valence electrons. The largest absolute Gasteiger partial charge is 0.418 e. The normalized spacial score (nSPS) is 18.5. The van der Waals surface area contributed by atoms with Gasteiger partial charge in [-0.2, -0.15) is 13.2 Å². The van der Waals surface area contributed by atoms with Crippen LogP contribution in [0.5, 0.6) is 0 Å². The van der Waals surface area contributed by atoms with Crippen LogP contribution in [0.2, 0.25) is 0 Å². The van der Waals surface area contributed by atoms with Gasteiger partial charge >= 0.3 is 6.18 Å². The summed E-state index contributed by atoms with van der Waals surface area (Å²) in [4.78, 5) is 32.5. The van der Waals surface area contributed by atoms with E-state index in [1.54, 1.807) is 18.2 Å². The number of carbonyl (C=O) groups is 2. The number of hydrogen-bond donors (Lipinski definition) is 5. The highest BCUT2D eigenvalue weighted by Gasteiger charge is 2.44. The van der Waals surface area contributed by atoms with Crippen molar-refractivity contribution < 1.29 is 31.9 Å². The van der Waals surface area contributed by atoms with Crippen LogP contribution in [-0.4, -0.2) is 85.8 Å². The molecular weight excluding hydrogens is 712 g/mol. The van der Waals surface area contributed by atoms with Crippen LogP contribution in [0, 0.1) is 17.7 Å². The summed E-state index contributed by atoms with van der Waals surface area (Å²) in [6.45, 7) is 20.2. The minimum absolute atomic E-state index is 0.00221. The Bertz CT molecular complexity index is 1720. The molecule has 1 aromatic heterocycles. The Morgan fingerprint density at radius 2 is 1.75 bits per heavy atom. The highest BCUT2D eigenvalue weighted by Crippen LogP contribution is 2.40. The highest BCUT2D eigenvalue weighted by atomic mass is 19.4. The number of nitrogens with one attached hydrogen (secondary N) is 5. The van der Waals surface area contributed by atoms with Crippen LogP contribution in [0.3, 0.4) is 0 Å². The molecule has 1 fully saturated rings. The molecule has 9 nitrogen and oxygen atoms in total. The fourth-order valence-corrected chi connectivity index (χ4v) is 6.83. The second-order valence-electron chi connectivity index (χ2n) is 15.3. The number of fused-ring (bicyclic) bond motifs is 3. The number of aryl methyl sites for hydroxylation is 1. The number of alkyl halides is 3. The van der Waals surface area contributed by atoms with E-state index in [0.29, 0.717) is 35.3 Å². The van der Waals surface area contributed by atoms with E-state index in [0.717, 1.165) is 57.8 Å². The molecule has 1 unspecified atom stereocenters. The Labute approximate surface area is 323 Å². The van der Waals surface area contributed by atoms with Gasteiger partial charge in [0.25, 0.3) is 0 Å². The SMILES string of the molecule is C=C(CNC(=O)Cc1ccccc1F)N[C@]1(C(=O)N[C@H](CNCCN2CCOCC2)C(C)CC)CCc2[nH]c3c(C(F)(F)F)cccc3c2C1.CCC(C)C. The fourth-order valence-electron chi connectivity index (χ4n) is 6.83. The first-order chi connectivity index (χ1) is 26.2. The number of benzene rings is 2. The topological polar surface area (TPSA) is 111 Å². The number of carbonyl (C=O) groups excluding carboxylic acids is 2. The van der Waals surface area contributed by atoms with Crippen molar-refractivity contribution >= 4 is 22.7 Å². The maximum Gasteiger partial charge on any atom is 0.418 e. The van der Waals surface area contributed by atoms with E-state index >= 15 is 0 Å². The van der Waals surface area contributed by atoms with Crippen LogP contribution in [0.4, 0.5) is 17.6 Å². The predicted molar refractivity (Wildman–Crippen MR) is 210 cm³/mol. The van der Waals surface area contributed by atoms with E-state index in [1.165, 1.54) is 24.6 Å². The van der Waals surface area contributed by atoms with Gasteiger partial charge in [-0.05, 0) is 47.9 Å². The van der Waals surface area contributed by atoms with Crippen LogP contribution in [0.25, 0.3) is 10.9 Å². The third-order valence-electron chi connectivity index (χ3n) is 10.8. The summed E-state index contributed by atoms with van der Waals surface area (Å²) in [6.07, 6.45) is -1.88. The fraction of sp³-hybridized carbons (Fsp3) is 0.571. The van der Waals surface area contributed by atoms with Gasteiger partial charge in [0.05, 0.1) is 37.3 Å². The van der Waals surface area contributed by atoms with Crippen molar-refractivity contribution in [2.75, 3.05) is 52.5 Å². The van der Waals surface area contributed by atoms with E-state index in [-0.39, 0.29) is 54.8 Å². The Kier molecular flexibility index (Phi) is 16.2. The minimum Gasteiger partial charge on any atom is -0.379 e. The molecule has 2 heterocycles. The second-order valence-corrected chi connectivity index (χ2v) is 15.3. The number of ether oxygens (including phenoxy) is 1. The first kappa shape index (κ1) is 43.8. The summed E-state index contributed by atoms with van der Waals surface area (Å²) in [6, 6.07) is 9.90. The Hall–Kier alpha value is -3.94. The predicted octanol–water partition coefficient (Wildman–Crippen LogP) is 6.52. The summed E-state index contributed by atoms with van der Waals surface area (Å²) in [7, 11) is 0. The molecule has 1 aliphatic carbocycles. The van der Waals surface area contributed by atoms with Gasteiger partial charge in [0.1, 0.15) is 11.4 Å². The van der Waals surface area contributed by atoms with E-state index in [2.05, 4.69) is 72.3 Å². The van der Waals surface area contributed by atoms with Crippen molar-refractivity contribution in [3.05, 3.63) is 82.9 Å². The Morgan fingerprint density at radius 1 is 1.04 bits per heavy atom. The van der Waals surface area contributed by atoms with E-state index < -0.39 is 29.0 Å². The Morgan fingerprint density at radius 3 is 2.40 bits per heavy atom. The summed E-state index contributed by atoms with van der Waals surface area (Å²) in [5.74, 6) is -0.168. The average molecular weight is 773 g/mol. The van der Waals surface area contributed by atoms with Crippen molar-refractivity contribution in [1.29, 1.82) is 0 Å². The van der Waals surface area contributed by atoms with Crippen molar-refractivity contribution in [2.45, 2.75) is 90.9 Å². The Balaban J connectivity index is 0.00000126. The number of rotatable bonds is 16. The zero-order chi connectivity index (χ0) is 40.2. The smallest absolute Gasteiger partial charge is 0.379 e. The molecule has 3 atom stereocenters. The molecule has 0 bridgehead atoms. The molecule has 1 aliphatic heterocycles. The summed E-state index contributed by atoms with van der Waals surface area (Å²) < 4.78 is 61.4. The number of amides is 2. The lowest BCUT2D eigenvalue weighted by molar-refractivity contribution is -0.136.